The molecule has 0 saturated heterocycles. The number of carbonyl (C=O) groups is 1. The van der Waals surface area contributed by atoms with Crippen LogP contribution in [0.2, 0.25) is 0 Å². The Morgan fingerprint density at radius 1 is 1.07 bits per heavy atom. The lowest BCUT2D eigenvalue weighted by molar-refractivity contribution is -0.384. The molecule has 0 aliphatic carbocycles. The molecule has 3 aromatic rings. The van der Waals surface area contributed by atoms with Gasteiger partial charge in [-0.3, -0.25) is 14.9 Å². The zero-order chi connectivity index (χ0) is 20.9. The molecule has 3 aromatic carbocycles. The van der Waals surface area contributed by atoms with Gasteiger partial charge in [0.05, 0.1) is 21.4 Å². The number of amides is 1. The van der Waals surface area contributed by atoms with Gasteiger partial charge in [-0.1, -0.05) is 18.2 Å². The average Bonchev–Trinajstić information content (AvgIpc) is 3.16. The van der Waals surface area contributed by atoms with Crippen molar-refractivity contribution in [3.63, 3.8) is 0 Å². The van der Waals surface area contributed by atoms with E-state index in [2.05, 4.69) is 10.3 Å². The van der Waals surface area contributed by atoms with Crippen LogP contribution < -0.4 is 10.1 Å². The molecular weight excluding hydrogens is 402 g/mol. The van der Waals surface area contributed by atoms with Crippen molar-refractivity contribution >= 4 is 39.8 Å². The lowest BCUT2D eigenvalue weighted by Gasteiger charge is -2.08. The molecule has 0 unspecified atom stereocenters. The third-order valence-electron chi connectivity index (χ3n) is 4.35. The van der Waals surface area contributed by atoms with Crippen LogP contribution in [-0.2, 0) is 11.2 Å². The first-order valence-electron chi connectivity index (χ1n) is 9.17. The summed E-state index contributed by atoms with van der Waals surface area (Å²) in [6.45, 7) is 0. The molecular formula is C22H17N3O4S. The summed E-state index contributed by atoms with van der Waals surface area (Å²) < 4.78 is 5.73. The van der Waals surface area contributed by atoms with Gasteiger partial charge >= 0.3 is 0 Å². The van der Waals surface area contributed by atoms with E-state index in [4.69, 9.17) is 4.74 Å². The van der Waals surface area contributed by atoms with Crippen LogP contribution in [0.25, 0.3) is 0 Å². The molecule has 4 rings (SSSR count). The normalized spacial score (nSPS) is 12.1. The number of para-hydroxylation sites is 1. The molecule has 8 heteroatoms. The quantitative estimate of drug-likeness (QED) is 0.430. The van der Waals surface area contributed by atoms with Gasteiger partial charge in [-0.2, -0.15) is 0 Å². The van der Waals surface area contributed by atoms with E-state index in [0.717, 1.165) is 22.0 Å². The van der Waals surface area contributed by atoms with Crippen LogP contribution >= 0.6 is 11.8 Å². The Balaban J connectivity index is 1.27. The number of aliphatic imine (C=N–C) groups is 1. The van der Waals surface area contributed by atoms with Crippen molar-refractivity contribution in [3.8, 4) is 11.5 Å². The van der Waals surface area contributed by atoms with Crippen molar-refractivity contribution in [2.75, 3.05) is 11.1 Å². The Morgan fingerprint density at radius 3 is 2.53 bits per heavy atom. The molecule has 0 saturated carbocycles. The Bertz CT molecular complexity index is 1110. The first-order chi connectivity index (χ1) is 14.6. The number of fused-ring (bicyclic) bond motifs is 1. The summed E-state index contributed by atoms with van der Waals surface area (Å²) in [7, 11) is 0. The fourth-order valence-electron chi connectivity index (χ4n) is 2.93. The summed E-state index contributed by atoms with van der Waals surface area (Å²) in [6.07, 6.45) is 0.500. The summed E-state index contributed by atoms with van der Waals surface area (Å²) in [5, 5.41) is 14.5. The zero-order valence-electron chi connectivity index (χ0n) is 15.8. The second-order valence-electron chi connectivity index (χ2n) is 6.53. The monoisotopic (exact) mass is 419 g/mol. The molecule has 1 aliphatic heterocycles. The van der Waals surface area contributed by atoms with Crippen LogP contribution in [0.4, 0.5) is 17.1 Å². The number of rotatable bonds is 6. The number of nitro benzene ring substituents is 1. The van der Waals surface area contributed by atoms with Crippen molar-refractivity contribution in [1.82, 2.24) is 0 Å². The number of non-ortho nitro benzene ring substituents is 1. The number of anilines is 1. The molecule has 0 fully saturated rings. The standard InChI is InChI=1S/C22H17N3O4S/c26-21(14-30-22-13-15-12-17(25(27)28)8-11-20(15)24-22)23-16-6-9-19(10-7-16)29-18-4-2-1-3-5-18/h1-12H,13-14H2,(H,23,26). The van der Waals surface area contributed by atoms with E-state index in [0.29, 0.717) is 17.9 Å². The fourth-order valence-corrected chi connectivity index (χ4v) is 3.72. The third-order valence-corrected chi connectivity index (χ3v) is 5.32. The van der Waals surface area contributed by atoms with Crippen LogP contribution in [0.1, 0.15) is 5.56 Å². The van der Waals surface area contributed by atoms with Crippen LogP contribution in [-0.4, -0.2) is 21.6 Å². The largest absolute Gasteiger partial charge is 0.457 e. The summed E-state index contributed by atoms with van der Waals surface area (Å²) in [6, 6.07) is 21.2. The van der Waals surface area contributed by atoms with Gasteiger partial charge in [0, 0.05) is 24.2 Å². The first kappa shape index (κ1) is 19.7. The molecule has 7 nitrogen and oxygen atoms in total. The minimum absolute atomic E-state index is 0.0487. The van der Waals surface area contributed by atoms with E-state index in [9.17, 15) is 14.9 Å². The SMILES string of the molecule is O=C(CSC1=Nc2ccc([N+](=O)[O-])cc2C1)Nc1ccc(Oc2ccccc2)cc1. The minimum atomic E-state index is -0.422. The van der Waals surface area contributed by atoms with Gasteiger partial charge in [-0.25, -0.2) is 4.99 Å². The summed E-state index contributed by atoms with van der Waals surface area (Å²) in [5.41, 5.74) is 2.25. The van der Waals surface area contributed by atoms with E-state index in [1.165, 1.54) is 23.9 Å². The number of nitrogens with zero attached hydrogens (tertiary/aromatic N) is 2. The second kappa shape index (κ2) is 8.79. The van der Waals surface area contributed by atoms with Gasteiger partial charge in [-0.05, 0) is 48.0 Å². The van der Waals surface area contributed by atoms with Crippen molar-refractivity contribution in [3.05, 3.63) is 88.5 Å². The van der Waals surface area contributed by atoms with Gasteiger partial charge in [0.15, 0.2) is 0 Å². The van der Waals surface area contributed by atoms with Crippen molar-refractivity contribution < 1.29 is 14.5 Å². The number of nitrogens with one attached hydrogen (secondary N) is 1. The van der Waals surface area contributed by atoms with Crippen molar-refractivity contribution in [1.29, 1.82) is 0 Å². The summed E-state index contributed by atoms with van der Waals surface area (Å²) in [4.78, 5) is 27.2. The Labute approximate surface area is 176 Å². The first-order valence-corrected chi connectivity index (χ1v) is 10.2. The number of ether oxygens (including phenoxy) is 1. The number of hydrogen-bond acceptors (Lipinski definition) is 6. The lowest BCUT2D eigenvalue weighted by atomic mass is 10.1. The van der Waals surface area contributed by atoms with Gasteiger partial charge in [0.1, 0.15) is 11.5 Å². The zero-order valence-corrected chi connectivity index (χ0v) is 16.6. The van der Waals surface area contributed by atoms with E-state index < -0.39 is 4.92 Å². The number of carbonyl (C=O) groups excluding carboxylic acids is 1. The third kappa shape index (κ3) is 4.84. The van der Waals surface area contributed by atoms with Gasteiger partial charge in [0.25, 0.3) is 5.69 Å². The maximum atomic E-state index is 12.3. The molecule has 30 heavy (non-hydrogen) atoms. The molecule has 0 spiro atoms. The highest BCUT2D eigenvalue weighted by Crippen LogP contribution is 2.33. The maximum Gasteiger partial charge on any atom is 0.269 e. The molecule has 1 N–H and O–H groups in total. The molecule has 150 valence electrons. The van der Waals surface area contributed by atoms with Crippen LogP contribution in [0.5, 0.6) is 11.5 Å². The highest BCUT2D eigenvalue weighted by molar-refractivity contribution is 8.14. The van der Waals surface area contributed by atoms with E-state index in [-0.39, 0.29) is 17.3 Å². The predicted molar refractivity (Wildman–Crippen MR) is 118 cm³/mol. The topological polar surface area (TPSA) is 93.8 Å². The number of nitro groups is 1. The smallest absolute Gasteiger partial charge is 0.269 e. The highest BCUT2D eigenvalue weighted by atomic mass is 32.2. The van der Waals surface area contributed by atoms with Crippen LogP contribution in [0.3, 0.4) is 0 Å². The highest BCUT2D eigenvalue weighted by Gasteiger charge is 2.19. The molecule has 0 bridgehead atoms. The number of hydrogen-bond donors (Lipinski definition) is 1. The lowest BCUT2D eigenvalue weighted by Crippen LogP contribution is -2.15. The van der Waals surface area contributed by atoms with E-state index in [1.54, 1.807) is 30.3 Å². The Hall–Kier alpha value is -3.65. The summed E-state index contributed by atoms with van der Waals surface area (Å²) >= 11 is 1.33. The van der Waals surface area contributed by atoms with Crippen LogP contribution in [0.15, 0.2) is 77.8 Å². The fraction of sp³-hybridized carbons (Fsp3) is 0.0909. The molecule has 0 atom stereocenters. The van der Waals surface area contributed by atoms with E-state index in [1.807, 2.05) is 30.3 Å². The van der Waals surface area contributed by atoms with Gasteiger partial charge < -0.3 is 10.1 Å². The minimum Gasteiger partial charge on any atom is -0.457 e. The van der Waals surface area contributed by atoms with Crippen molar-refractivity contribution in [2.24, 2.45) is 4.99 Å². The molecule has 1 heterocycles. The molecule has 0 aromatic heterocycles. The second-order valence-corrected chi connectivity index (χ2v) is 7.58. The predicted octanol–water partition coefficient (Wildman–Crippen LogP) is 5.35. The number of benzene rings is 3. The number of thioether (sulfide) groups is 1. The molecule has 1 amide bonds. The van der Waals surface area contributed by atoms with E-state index >= 15 is 0 Å². The van der Waals surface area contributed by atoms with Gasteiger partial charge in [0.2, 0.25) is 5.91 Å². The maximum absolute atomic E-state index is 12.3. The van der Waals surface area contributed by atoms with Crippen molar-refractivity contribution in [2.45, 2.75) is 6.42 Å². The molecule has 0 radical (unpaired) electrons. The van der Waals surface area contributed by atoms with Gasteiger partial charge in [-0.15, -0.1) is 11.8 Å². The van der Waals surface area contributed by atoms with Crippen LogP contribution in [0, 0.1) is 10.1 Å². The summed E-state index contributed by atoms with van der Waals surface area (Å²) in [5.74, 6) is 1.48. The Kier molecular flexibility index (Phi) is 5.76. The molecule has 1 aliphatic rings. The average molecular weight is 419 g/mol. The Morgan fingerprint density at radius 2 is 1.80 bits per heavy atom.